The van der Waals surface area contributed by atoms with Crippen LogP contribution in [0.15, 0.2) is 34.2 Å². The highest BCUT2D eigenvalue weighted by molar-refractivity contribution is 7.13. The Bertz CT molecular complexity index is 766. The van der Waals surface area contributed by atoms with E-state index in [-0.39, 0.29) is 17.1 Å². The Morgan fingerprint density at radius 3 is 2.70 bits per heavy atom. The number of nitrogen functional groups attached to an aromatic ring is 1. The van der Waals surface area contributed by atoms with Crippen LogP contribution in [0.4, 0.5) is 14.7 Å². The van der Waals surface area contributed by atoms with Gasteiger partial charge < -0.3 is 10.3 Å². The average Bonchev–Trinajstić information content (AvgIpc) is 3.04. The largest absolute Gasteiger partial charge is 0.367 e. The van der Waals surface area contributed by atoms with Crippen LogP contribution in [0, 0.1) is 18.6 Å². The van der Waals surface area contributed by atoms with Crippen LogP contribution in [0.2, 0.25) is 0 Å². The van der Waals surface area contributed by atoms with Gasteiger partial charge in [-0.2, -0.15) is 0 Å². The highest BCUT2D eigenvalue weighted by Gasteiger charge is 2.24. The molecular formula is C14H10F2N2OS. The number of rotatable bonds is 2. The van der Waals surface area contributed by atoms with E-state index < -0.39 is 11.6 Å². The molecule has 0 aliphatic heterocycles. The molecule has 0 aliphatic rings. The van der Waals surface area contributed by atoms with Gasteiger partial charge in [-0.15, -0.1) is 11.3 Å². The second-order valence-corrected chi connectivity index (χ2v) is 5.25. The number of hydrogen-bond acceptors (Lipinski definition) is 4. The monoisotopic (exact) mass is 292 g/mol. The minimum atomic E-state index is -0.695. The molecule has 0 aliphatic carbocycles. The molecule has 0 atom stereocenters. The summed E-state index contributed by atoms with van der Waals surface area (Å²) < 4.78 is 33.1. The number of hydrogen-bond donors (Lipinski definition) is 1. The number of anilines is 1. The zero-order valence-electron chi connectivity index (χ0n) is 10.5. The summed E-state index contributed by atoms with van der Waals surface area (Å²) in [5.41, 5.74) is 6.37. The standard InChI is InChI=1S/C14H10F2N2OS/c1-7-4-5-8(15)10(12(7)16)13-11(14(17)19-18-13)9-3-2-6-20-9/h2-6H,17H2,1H3. The van der Waals surface area contributed by atoms with Crippen LogP contribution in [0.1, 0.15) is 5.56 Å². The quantitative estimate of drug-likeness (QED) is 0.768. The van der Waals surface area contributed by atoms with Crippen molar-refractivity contribution in [3.63, 3.8) is 0 Å². The molecule has 3 nitrogen and oxygen atoms in total. The Kier molecular flexibility index (Phi) is 3.02. The van der Waals surface area contributed by atoms with Gasteiger partial charge in [0.25, 0.3) is 0 Å². The molecule has 0 unspecified atom stereocenters. The number of halogens is 2. The Morgan fingerprint density at radius 2 is 2.00 bits per heavy atom. The molecule has 0 bridgehead atoms. The van der Waals surface area contributed by atoms with Crippen LogP contribution in [0.3, 0.4) is 0 Å². The van der Waals surface area contributed by atoms with Crippen molar-refractivity contribution >= 4 is 17.2 Å². The summed E-state index contributed by atoms with van der Waals surface area (Å²) in [7, 11) is 0. The van der Waals surface area contributed by atoms with Crippen molar-refractivity contribution in [2.24, 2.45) is 0 Å². The van der Waals surface area contributed by atoms with E-state index in [4.69, 9.17) is 10.3 Å². The molecule has 0 radical (unpaired) electrons. The first-order chi connectivity index (χ1) is 9.59. The third-order valence-corrected chi connectivity index (χ3v) is 3.89. The molecular weight excluding hydrogens is 282 g/mol. The second-order valence-electron chi connectivity index (χ2n) is 4.30. The second kappa shape index (κ2) is 4.72. The molecule has 0 amide bonds. The van der Waals surface area contributed by atoms with Crippen molar-refractivity contribution in [1.29, 1.82) is 0 Å². The average molecular weight is 292 g/mol. The fourth-order valence-electron chi connectivity index (χ4n) is 2.01. The summed E-state index contributed by atoms with van der Waals surface area (Å²) >= 11 is 1.39. The predicted octanol–water partition coefficient (Wildman–Crippen LogP) is 4.24. The van der Waals surface area contributed by atoms with Gasteiger partial charge in [0.15, 0.2) is 0 Å². The molecule has 6 heteroatoms. The van der Waals surface area contributed by atoms with Crippen molar-refractivity contribution in [3.8, 4) is 21.7 Å². The van der Waals surface area contributed by atoms with Crippen molar-refractivity contribution in [2.75, 3.05) is 5.73 Å². The fourth-order valence-corrected chi connectivity index (χ4v) is 2.78. The summed E-state index contributed by atoms with van der Waals surface area (Å²) in [5, 5.41) is 5.57. The highest BCUT2D eigenvalue weighted by atomic mass is 32.1. The van der Waals surface area contributed by atoms with E-state index in [1.165, 1.54) is 23.5 Å². The third-order valence-electron chi connectivity index (χ3n) is 3.01. The maximum absolute atomic E-state index is 14.2. The van der Waals surface area contributed by atoms with Crippen LogP contribution in [0.5, 0.6) is 0 Å². The minimum Gasteiger partial charge on any atom is -0.367 e. The fraction of sp³-hybridized carbons (Fsp3) is 0.0714. The van der Waals surface area contributed by atoms with Gasteiger partial charge in [-0.3, -0.25) is 0 Å². The number of thiophene rings is 1. The molecule has 20 heavy (non-hydrogen) atoms. The van der Waals surface area contributed by atoms with E-state index in [2.05, 4.69) is 5.16 Å². The van der Waals surface area contributed by atoms with Crippen LogP contribution in [0.25, 0.3) is 21.7 Å². The first kappa shape index (κ1) is 12.8. The third kappa shape index (κ3) is 1.89. The topological polar surface area (TPSA) is 52.0 Å². The molecule has 0 fully saturated rings. The Hall–Kier alpha value is -2.21. The number of benzene rings is 1. The van der Waals surface area contributed by atoms with Gasteiger partial charge in [-0.1, -0.05) is 17.3 Å². The highest BCUT2D eigenvalue weighted by Crippen LogP contribution is 2.40. The summed E-state index contributed by atoms with van der Waals surface area (Å²) in [5.74, 6) is -1.31. The molecule has 0 saturated carbocycles. The first-order valence-electron chi connectivity index (χ1n) is 5.83. The summed E-state index contributed by atoms with van der Waals surface area (Å²) in [4.78, 5) is 0.749. The maximum Gasteiger partial charge on any atom is 0.231 e. The van der Waals surface area contributed by atoms with Gasteiger partial charge >= 0.3 is 0 Å². The lowest BCUT2D eigenvalue weighted by Crippen LogP contribution is -1.95. The summed E-state index contributed by atoms with van der Waals surface area (Å²) in [6.45, 7) is 1.56. The molecule has 0 saturated heterocycles. The molecule has 3 rings (SSSR count). The van der Waals surface area contributed by atoms with Crippen LogP contribution in [-0.4, -0.2) is 5.16 Å². The molecule has 3 aromatic rings. The lowest BCUT2D eigenvalue weighted by atomic mass is 10.0. The van der Waals surface area contributed by atoms with Crippen LogP contribution in [-0.2, 0) is 0 Å². The van der Waals surface area contributed by atoms with Crippen molar-refractivity contribution in [1.82, 2.24) is 5.16 Å². The number of aromatic nitrogens is 1. The van der Waals surface area contributed by atoms with E-state index in [0.29, 0.717) is 11.1 Å². The predicted molar refractivity (Wildman–Crippen MR) is 74.3 cm³/mol. The smallest absolute Gasteiger partial charge is 0.231 e. The molecule has 2 aromatic heterocycles. The lowest BCUT2D eigenvalue weighted by Gasteiger charge is -2.06. The normalized spacial score (nSPS) is 10.9. The summed E-state index contributed by atoms with van der Waals surface area (Å²) in [6.07, 6.45) is 0. The molecule has 2 N–H and O–H groups in total. The molecule has 2 heterocycles. The van der Waals surface area contributed by atoms with Gasteiger partial charge in [0.2, 0.25) is 5.88 Å². The zero-order chi connectivity index (χ0) is 14.3. The van der Waals surface area contributed by atoms with Gasteiger partial charge in [-0.25, -0.2) is 8.78 Å². The maximum atomic E-state index is 14.2. The van der Waals surface area contributed by atoms with Crippen LogP contribution < -0.4 is 5.73 Å². The minimum absolute atomic E-state index is 0.0442. The Labute approximate surface area is 117 Å². The molecule has 1 aromatic carbocycles. The van der Waals surface area contributed by atoms with Crippen molar-refractivity contribution in [3.05, 3.63) is 46.8 Å². The molecule has 0 spiro atoms. The van der Waals surface area contributed by atoms with E-state index in [9.17, 15) is 8.78 Å². The first-order valence-corrected chi connectivity index (χ1v) is 6.71. The SMILES string of the molecule is Cc1ccc(F)c(-c2noc(N)c2-c2cccs2)c1F. The molecule has 102 valence electrons. The van der Waals surface area contributed by atoms with Gasteiger partial charge in [0.1, 0.15) is 17.3 Å². The van der Waals surface area contributed by atoms with E-state index in [1.807, 2.05) is 11.4 Å². The van der Waals surface area contributed by atoms with E-state index in [1.54, 1.807) is 13.0 Å². The van der Waals surface area contributed by atoms with E-state index in [0.717, 1.165) is 4.88 Å². The zero-order valence-corrected chi connectivity index (χ0v) is 11.3. The van der Waals surface area contributed by atoms with E-state index >= 15 is 0 Å². The van der Waals surface area contributed by atoms with Gasteiger partial charge in [0.05, 0.1) is 11.1 Å². The Balaban J connectivity index is 2.30. The van der Waals surface area contributed by atoms with Crippen molar-refractivity contribution in [2.45, 2.75) is 6.92 Å². The lowest BCUT2D eigenvalue weighted by molar-refractivity contribution is 0.438. The number of nitrogens with two attached hydrogens (primary N) is 1. The number of aryl methyl sites for hydroxylation is 1. The number of nitrogens with zero attached hydrogens (tertiary/aromatic N) is 1. The van der Waals surface area contributed by atoms with Crippen LogP contribution >= 0.6 is 11.3 Å². The van der Waals surface area contributed by atoms with Crippen molar-refractivity contribution < 1.29 is 13.3 Å². The summed E-state index contributed by atoms with van der Waals surface area (Å²) in [6, 6.07) is 6.20. The van der Waals surface area contributed by atoms with Gasteiger partial charge in [-0.05, 0) is 30.0 Å². The van der Waals surface area contributed by atoms with Gasteiger partial charge in [0, 0.05) is 4.88 Å². The Morgan fingerprint density at radius 1 is 1.20 bits per heavy atom.